The van der Waals surface area contributed by atoms with Crippen molar-refractivity contribution in [3.63, 3.8) is 0 Å². The summed E-state index contributed by atoms with van der Waals surface area (Å²) in [5.41, 5.74) is 1.55. The average molecular weight is 240 g/mol. The Bertz CT molecular complexity index is 260. The number of aliphatic hydroxyl groups is 2. The molecule has 0 aliphatic heterocycles. The molecule has 0 aromatic rings. The zero-order valence-electron chi connectivity index (χ0n) is 11.6. The molecule has 0 aromatic heterocycles. The van der Waals surface area contributed by atoms with Gasteiger partial charge in [-0.3, -0.25) is 0 Å². The summed E-state index contributed by atoms with van der Waals surface area (Å²) in [4.78, 5) is 0. The van der Waals surface area contributed by atoms with Gasteiger partial charge < -0.3 is 10.2 Å². The number of hydrogen-bond acceptors (Lipinski definition) is 2. The highest BCUT2D eigenvalue weighted by molar-refractivity contribution is 5.20. The molecule has 2 aliphatic carbocycles. The van der Waals surface area contributed by atoms with Crippen LogP contribution in [0.5, 0.6) is 0 Å². The number of fused-ring (bicyclic) bond motifs is 1. The smallest absolute Gasteiger partial charge is 0.0576 e. The lowest BCUT2D eigenvalue weighted by Gasteiger charge is -2.48. The maximum Gasteiger partial charge on any atom is 0.0576 e. The number of allylic oxidation sites excluding steroid dienone is 1. The monoisotopic (exact) mass is 240 g/mol. The van der Waals surface area contributed by atoms with E-state index >= 15 is 0 Å². The van der Waals surface area contributed by atoms with Crippen molar-refractivity contribution in [1.29, 1.82) is 0 Å². The van der Waals surface area contributed by atoms with Crippen molar-refractivity contribution in [3.05, 3.63) is 11.6 Å². The van der Waals surface area contributed by atoms with Crippen LogP contribution >= 0.6 is 0 Å². The van der Waals surface area contributed by atoms with Gasteiger partial charge in [0, 0.05) is 6.61 Å². The van der Waals surface area contributed by atoms with Crippen LogP contribution < -0.4 is 0 Å². The van der Waals surface area contributed by atoms with Crippen LogP contribution in [0.3, 0.4) is 0 Å². The third kappa shape index (κ3) is 2.92. The number of aliphatic hydroxyl groups excluding tert-OH is 2. The van der Waals surface area contributed by atoms with Crippen LogP contribution in [0.4, 0.5) is 0 Å². The standard InChI is InChI=1S/C13H22O2.C2H6/c1-13-8-3-6-12(15)11(13)5-2-4-10(13)7-9-14;1-2/h4,11-12,14-15H,2-3,5-9H2,1H3;1-2H3/t11?,12-,13+;/m0./s1. The number of rotatable bonds is 2. The third-order valence-electron chi connectivity index (χ3n) is 4.46. The Labute approximate surface area is 106 Å². The van der Waals surface area contributed by atoms with Gasteiger partial charge >= 0.3 is 0 Å². The highest BCUT2D eigenvalue weighted by atomic mass is 16.3. The minimum Gasteiger partial charge on any atom is -0.396 e. The van der Waals surface area contributed by atoms with Crippen LogP contribution in [-0.2, 0) is 0 Å². The van der Waals surface area contributed by atoms with Gasteiger partial charge in [-0.05, 0) is 49.9 Å². The van der Waals surface area contributed by atoms with Gasteiger partial charge in [-0.15, -0.1) is 0 Å². The average Bonchev–Trinajstić information content (AvgIpc) is 2.34. The molecule has 100 valence electrons. The van der Waals surface area contributed by atoms with Crippen molar-refractivity contribution in [3.8, 4) is 0 Å². The molecule has 0 amide bonds. The normalized spacial score (nSPS) is 36.4. The first-order valence-electron chi connectivity index (χ1n) is 7.17. The van der Waals surface area contributed by atoms with Gasteiger partial charge in [0.25, 0.3) is 0 Å². The van der Waals surface area contributed by atoms with E-state index in [9.17, 15) is 5.11 Å². The van der Waals surface area contributed by atoms with E-state index in [2.05, 4.69) is 13.0 Å². The first-order valence-corrected chi connectivity index (χ1v) is 7.17. The lowest BCUT2D eigenvalue weighted by atomic mass is 9.58. The zero-order valence-corrected chi connectivity index (χ0v) is 11.6. The summed E-state index contributed by atoms with van der Waals surface area (Å²) in [5, 5.41) is 19.2. The molecule has 0 radical (unpaired) electrons. The van der Waals surface area contributed by atoms with Gasteiger partial charge in [-0.25, -0.2) is 0 Å². The van der Waals surface area contributed by atoms with E-state index in [1.165, 1.54) is 12.0 Å². The fourth-order valence-electron chi connectivity index (χ4n) is 3.58. The zero-order chi connectivity index (χ0) is 12.9. The molecule has 2 nitrogen and oxygen atoms in total. The largest absolute Gasteiger partial charge is 0.396 e. The quantitative estimate of drug-likeness (QED) is 0.727. The molecular formula is C15H28O2. The Morgan fingerprint density at radius 2 is 2.06 bits per heavy atom. The highest BCUT2D eigenvalue weighted by Crippen LogP contribution is 2.51. The van der Waals surface area contributed by atoms with Crippen molar-refractivity contribution in [2.75, 3.05) is 6.61 Å². The molecule has 1 unspecified atom stereocenters. The van der Waals surface area contributed by atoms with Gasteiger partial charge in [-0.1, -0.05) is 32.4 Å². The lowest BCUT2D eigenvalue weighted by Crippen LogP contribution is -2.43. The number of hydrogen-bond donors (Lipinski definition) is 2. The van der Waals surface area contributed by atoms with Crippen molar-refractivity contribution >= 4 is 0 Å². The second-order valence-electron chi connectivity index (χ2n) is 5.26. The van der Waals surface area contributed by atoms with Gasteiger partial charge in [0.05, 0.1) is 6.10 Å². The summed E-state index contributed by atoms with van der Waals surface area (Å²) < 4.78 is 0. The molecule has 2 aliphatic rings. The van der Waals surface area contributed by atoms with Crippen molar-refractivity contribution < 1.29 is 10.2 Å². The molecule has 0 spiro atoms. The van der Waals surface area contributed by atoms with E-state index in [-0.39, 0.29) is 18.1 Å². The van der Waals surface area contributed by atoms with E-state index in [0.29, 0.717) is 5.92 Å². The van der Waals surface area contributed by atoms with Crippen LogP contribution in [0, 0.1) is 11.3 Å². The van der Waals surface area contributed by atoms with Crippen molar-refractivity contribution in [2.45, 2.75) is 65.4 Å². The molecule has 0 aromatic carbocycles. The molecule has 0 heterocycles. The summed E-state index contributed by atoms with van der Waals surface area (Å²) in [6, 6.07) is 0. The predicted octanol–water partition coefficient (Wildman–Crippen LogP) is 3.28. The van der Waals surface area contributed by atoms with Crippen LogP contribution in [0.15, 0.2) is 11.6 Å². The molecule has 0 bridgehead atoms. The summed E-state index contributed by atoms with van der Waals surface area (Å²) in [6.07, 6.45) is 8.43. The molecule has 2 heteroatoms. The van der Waals surface area contributed by atoms with Crippen LogP contribution in [-0.4, -0.2) is 22.9 Å². The molecule has 3 atom stereocenters. The van der Waals surface area contributed by atoms with E-state index in [4.69, 9.17) is 5.11 Å². The van der Waals surface area contributed by atoms with Gasteiger partial charge in [-0.2, -0.15) is 0 Å². The summed E-state index contributed by atoms with van der Waals surface area (Å²) in [7, 11) is 0. The fourth-order valence-corrected chi connectivity index (χ4v) is 3.58. The molecule has 2 rings (SSSR count). The summed E-state index contributed by atoms with van der Waals surface area (Å²) in [5.74, 6) is 0.429. The molecular weight excluding hydrogens is 212 g/mol. The van der Waals surface area contributed by atoms with Crippen LogP contribution in [0.25, 0.3) is 0 Å². The Kier molecular flexibility index (Phi) is 5.68. The Morgan fingerprint density at radius 3 is 2.71 bits per heavy atom. The molecule has 0 saturated heterocycles. The van der Waals surface area contributed by atoms with Gasteiger partial charge in [0.2, 0.25) is 0 Å². The van der Waals surface area contributed by atoms with E-state index in [1.807, 2.05) is 13.8 Å². The van der Waals surface area contributed by atoms with Crippen LogP contribution in [0.1, 0.15) is 59.3 Å². The van der Waals surface area contributed by atoms with Crippen molar-refractivity contribution in [1.82, 2.24) is 0 Å². The molecule has 17 heavy (non-hydrogen) atoms. The Balaban J connectivity index is 0.000000686. The van der Waals surface area contributed by atoms with E-state index in [1.54, 1.807) is 0 Å². The van der Waals surface area contributed by atoms with Crippen molar-refractivity contribution in [2.24, 2.45) is 11.3 Å². The topological polar surface area (TPSA) is 40.5 Å². The summed E-state index contributed by atoms with van der Waals surface area (Å²) >= 11 is 0. The van der Waals surface area contributed by atoms with E-state index < -0.39 is 0 Å². The minimum absolute atomic E-state index is 0.119. The third-order valence-corrected chi connectivity index (χ3v) is 4.46. The summed E-state index contributed by atoms with van der Waals surface area (Å²) in [6.45, 7) is 6.52. The highest BCUT2D eigenvalue weighted by Gasteiger charge is 2.44. The fraction of sp³-hybridized carbons (Fsp3) is 0.867. The minimum atomic E-state index is -0.119. The molecule has 2 N–H and O–H groups in total. The SMILES string of the molecule is CC.C[C@]12CCC[C@H](O)C1CCC=C2CCO. The lowest BCUT2D eigenvalue weighted by molar-refractivity contribution is -0.0109. The predicted molar refractivity (Wildman–Crippen MR) is 71.8 cm³/mol. The van der Waals surface area contributed by atoms with Gasteiger partial charge in [0.15, 0.2) is 0 Å². The Hall–Kier alpha value is -0.340. The maximum absolute atomic E-state index is 10.1. The maximum atomic E-state index is 10.1. The van der Waals surface area contributed by atoms with Gasteiger partial charge in [0.1, 0.15) is 0 Å². The molecule has 1 fully saturated rings. The molecule has 1 saturated carbocycles. The second kappa shape index (κ2) is 6.55. The Morgan fingerprint density at radius 1 is 1.35 bits per heavy atom. The first kappa shape index (κ1) is 14.7. The van der Waals surface area contributed by atoms with Crippen LogP contribution in [0.2, 0.25) is 0 Å². The second-order valence-corrected chi connectivity index (χ2v) is 5.26. The van der Waals surface area contributed by atoms with E-state index in [0.717, 1.165) is 32.1 Å². The first-order chi connectivity index (χ1) is 8.18.